The molecule has 0 aliphatic heterocycles. The minimum Gasteiger partial charge on any atom is -0.490 e. The van der Waals surface area contributed by atoms with E-state index in [4.69, 9.17) is 9.26 Å². The normalized spacial score (nSPS) is 11.3. The number of rotatable bonds is 5. The van der Waals surface area contributed by atoms with Crippen LogP contribution in [0.2, 0.25) is 0 Å². The van der Waals surface area contributed by atoms with Gasteiger partial charge in [0.1, 0.15) is 5.75 Å². The van der Waals surface area contributed by atoms with E-state index in [-0.39, 0.29) is 23.2 Å². The van der Waals surface area contributed by atoms with Crippen LogP contribution in [0.15, 0.2) is 27.2 Å². The standard InChI is InChI=1S/C15H15BrN2O4/c1-9(2)21-13-6-4-11(8-12(13)16)5-7-14-15(18(19)20)10(3)17-22-14/h4-9H,1-3H3/b7-5+. The van der Waals surface area contributed by atoms with Gasteiger partial charge in [0.15, 0.2) is 5.69 Å². The van der Waals surface area contributed by atoms with Crippen LogP contribution in [0.25, 0.3) is 12.2 Å². The van der Waals surface area contributed by atoms with Crippen LogP contribution in [-0.4, -0.2) is 16.2 Å². The molecule has 0 N–H and O–H groups in total. The van der Waals surface area contributed by atoms with Gasteiger partial charge < -0.3 is 9.26 Å². The molecule has 0 bridgehead atoms. The molecule has 0 spiro atoms. The summed E-state index contributed by atoms with van der Waals surface area (Å²) in [6.45, 7) is 5.44. The number of aryl methyl sites for hydroxylation is 1. The first-order valence-electron chi connectivity index (χ1n) is 6.63. The second-order valence-electron chi connectivity index (χ2n) is 4.93. The van der Waals surface area contributed by atoms with Crippen molar-refractivity contribution in [2.24, 2.45) is 0 Å². The predicted octanol–water partition coefficient (Wildman–Crippen LogP) is 4.61. The van der Waals surface area contributed by atoms with Crippen molar-refractivity contribution in [3.05, 3.63) is 49.8 Å². The Morgan fingerprint density at radius 3 is 2.73 bits per heavy atom. The Kier molecular flexibility index (Phi) is 4.97. The molecule has 0 aliphatic carbocycles. The third kappa shape index (κ3) is 3.73. The van der Waals surface area contributed by atoms with Crippen molar-refractivity contribution in [1.29, 1.82) is 0 Å². The average molecular weight is 367 g/mol. The summed E-state index contributed by atoms with van der Waals surface area (Å²) in [5.41, 5.74) is 0.993. The van der Waals surface area contributed by atoms with Crippen LogP contribution in [-0.2, 0) is 0 Å². The molecule has 1 aromatic heterocycles. The van der Waals surface area contributed by atoms with Crippen LogP contribution in [0, 0.1) is 17.0 Å². The molecule has 116 valence electrons. The van der Waals surface area contributed by atoms with Crippen LogP contribution in [0.5, 0.6) is 5.75 Å². The Balaban J connectivity index is 2.24. The Morgan fingerprint density at radius 1 is 1.41 bits per heavy atom. The highest BCUT2D eigenvalue weighted by Crippen LogP contribution is 2.29. The first-order chi connectivity index (χ1) is 10.4. The van der Waals surface area contributed by atoms with Gasteiger partial charge in [0.2, 0.25) is 5.76 Å². The maximum Gasteiger partial charge on any atom is 0.338 e. The smallest absolute Gasteiger partial charge is 0.338 e. The van der Waals surface area contributed by atoms with E-state index in [1.807, 2.05) is 32.0 Å². The van der Waals surface area contributed by atoms with Gasteiger partial charge in [0.25, 0.3) is 0 Å². The van der Waals surface area contributed by atoms with Crippen molar-refractivity contribution in [2.45, 2.75) is 26.9 Å². The molecule has 0 unspecified atom stereocenters. The highest BCUT2D eigenvalue weighted by atomic mass is 79.9. The van der Waals surface area contributed by atoms with E-state index in [0.717, 1.165) is 15.8 Å². The summed E-state index contributed by atoms with van der Waals surface area (Å²) in [4.78, 5) is 10.5. The van der Waals surface area contributed by atoms with Gasteiger partial charge in [-0.1, -0.05) is 17.3 Å². The SMILES string of the molecule is Cc1noc(/C=C/c2ccc(OC(C)C)c(Br)c2)c1[N+](=O)[O-]. The fraction of sp³-hybridized carbons (Fsp3) is 0.267. The van der Waals surface area contributed by atoms with E-state index in [1.54, 1.807) is 6.08 Å². The van der Waals surface area contributed by atoms with E-state index in [0.29, 0.717) is 0 Å². The van der Waals surface area contributed by atoms with Crippen LogP contribution in [0.3, 0.4) is 0 Å². The van der Waals surface area contributed by atoms with E-state index in [1.165, 1.54) is 13.0 Å². The topological polar surface area (TPSA) is 78.4 Å². The third-order valence-electron chi connectivity index (χ3n) is 2.79. The monoisotopic (exact) mass is 366 g/mol. The molecule has 0 radical (unpaired) electrons. The summed E-state index contributed by atoms with van der Waals surface area (Å²) in [6.07, 6.45) is 3.33. The van der Waals surface area contributed by atoms with Crippen molar-refractivity contribution in [3.63, 3.8) is 0 Å². The molecule has 1 aromatic carbocycles. The second-order valence-corrected chi connectivity index (χ2v) is 5.78. The lowest BCUT2D eigenvalue weighted by molar-refractivity contribution is -0.386. The van der Waals surface area contributed by atoms with Gasteiger partial charge >= 0.3 is 5.69 Å². The Bertz CT molecular complexity index is 722. The van der Waals surface area contributed by atoms with Crippen molar-refractivity contribution in [2.75, 3.05) is 0 Å². The molecule has 1 heterocycles. The first-order valence-corrected chi connectivity index (χ1v) is 7.42. The van der Waals surface area contributed by atoms with Crippen LogP contribution < -0.4 is 4.74 Å². The van der Waals surface area contributed by atoms with Gasteiger partial charge in [-0.05, 0) is 60.5 Å². The number of hydrogen-bond acceptors (Lipinski definition) is 5. The van der Waals surface area contributed by atoms with Crippen molar-refractivity contribution in [3.8, 4) is 5.75 Å². The van der Waals surface area contributed by atoms with Crippen LogP contribution >= 0.6 is 15.9 Å². The summed E-state index contributed by atoms with van der Waals surface area (Å²) in [5, 5.41) is 14.6. The number of nitrogens with zero attached hydrogens (tertiary/aromatic N) is 2. The van der Waals surface area contributed by atoms with Gasteiger partial charge in [-0.15, -0.1) is 0 Å². The van der Waals surface area contributed by atoms with Gasteiger partial charge in [0.05, 0.1) is 15.5 Å². The highest BCUT2D eigenvalue weighted by Gasteiger charge is 2.21. The fourth-order valence-corrected chi connectivity index (χ4v) is 2.35. The summed E-state index contributed by atoms with van der Waals surface area (Å²) in [7, 11) is 0. The zero-order chi connectivity index (χ0) is 16.3. The van der Waals surface area contributed by atoms with E-state index in [9.17, 15) is 10.1 Å². The molecular weight excluding hydrogens is 352 g/mol. The van der Waals surface area contributed by atoms with E-state index in [2.05, 4.69) is 21.1 Å². The number of hydrogen-bond donors (Lipinski definition) is 0. The molecule has 2 rings (SSSR count). The molecule has 7 heteroatoms. The molecule has 6 nitrogen and oxygen atoms in total. The minimum atomic E-state index is -0.499. The molecule has 0 aliphatic rings. The van der Waals surface area contributed by atoms with Gasteiger partial charge in [-0.3, -0.25) is 10.1 Å². The van der Waals surface area contributed by atoms with E-state index >= 15 is 0 Å². The molecule has 0 saturated carbocycles. The number of benzene rings is 1. The molecule has 22 heavy (non-hydrogen) atoms. The van der Waals surface area contributed by atoms with Gasteiger partial charge in [-0.2, -0.15) is 0 Å². The summed E-state index contributed by atoms with van der Waals surface area (Å²) in [6, 6.07) is 5.56. The molecule has 0 atom stereocenters. The summed E-state index contributed by atoms with van der Waals surface area (Å²) in [5.74, 6) is 0.870. The lowest BCUT2D eigenvalue weighted by atomic mass is 10.2. The third-order valence-corrected chi connectivity index (χ3v) is 3.41. The highest BCUT2D eigenvalue weighted by molar-refractivity contribution is 9.10. The minimum absolute atomic E-state index is 0.0810. The quantitative estimate of drug-likeness (QED) is 0.570. The zero-order valence-corrected chi connectivity index (χ0v) is 14.0. The largest absolute Gasteiger partial charge is 0.490 e. The summed E-state index contributed by atoms with van der Waals surface area (Å²) >= 11 is 3.44. The Hall–Kier alpha value is -2.15. The van der Waals surface area contributed by atoms with Crippen molar-refractivity contribution >= 4 is 33.8 Å². The number of nitro groups is 1. The van der Waals surface area contributed by atoms with Crippen LogP contribution in [0.4, 0.5) is 5.69 Å². The molecule has 2 aromatic rings. The predicted molar refractivity (Wildman–Crippen MR) is 86.7 cm³/mol. The second kappa shape index (κ2) is 6.74. The lowest BCUT2D eigenvalue weighted by Crippen LogP contribution is -2.05. The zero-order valence-electron chi connectivity index (χ0n) is 12.4. The Labute approximate surface area is 136 Å². The first kappa shape index (κ1) is 16.2. The van der Waals surface area contributed by atoms with E-state index < -0.39 is 4.92 Å². The molecule has 0 fully saturated rings. The number of halogens is 1. The number of ether oxygens (including phenoxy) is 1. The average Bonchev–Trinajstić information content (AvgIpc) is 2.80. The molecule has 0 saturated heterocycles. The fourth-order valence-electron chi connectivity index (χ4n) is 1.86. The van der Waals surface area contributed by atoms with Gasteiger partial charge in [-0.25, -0.2) is 0 Å². The van der Waals surface area contributed by atoms with Crippen LogP contribution in [0.1, 0.15) is 30.9 Å². The molecular formula is C15H15BrN2O4. The summed E-state index contributed by atoms with van der Waals surface area (Å²) < 4.78 is 11.4. The lowest BCUT2D eigenvalue weighted by Gasteiger charge is -2.11. The molecule has 0 amide bonds. The maximum absolute atomic E-state index is 11.0. The van der Waals surface area contributed by atoms with Gasteiger partial charge in [0, 0.05) is 0 Å². The number of aromatic nitrogens is 1. The van der Waals surface area contributed by atoms with Crippen molar-refractivity contribution < 1.29 is 14.2 Å². The van der Waals surface area contributed by atoms with Crippen molar-refractivity contribution in [1.82, 2.24) is 5.16 Å². The Morgan fingerprint density at radius 2 is 2.14 bits per heavy atom. The maximum atomic E-state index is 11.0.